The number of rotatable bonds is 6. The van der Waals surface area contributed by atoms with Crippen LogP contribution in [-0.2, 0) is 14.8 Å². The number of piperidine rings is 1. The van der Waals surface area contributed by atoms with Gasteiger partial charge in [-0.1, -0.05) is 41.1 Å². The molecule has 9 heteroatoms. The third kappa shape index (κ3) is 5.52. The van der Waals surface area contributed by atoms with Gasteiger partial charge in [-0.15, -0.1) is 0 Å². The summed E-state index contributed by atoms with van der Waals surface area (Å²) in [7, 11) is -3.92. The zero-order valence-corrected chi connectivity index (χ0v) is 21.2. The van der Waals surface area contributed by atoms with Crippen molar-refractivity contribution in [1.82, 2.24) is 14.4 Å². The number of sulfonamides is 1. The van der Waals surface area contributed by atoms with Gasteiger partial charge in [0.25, 0.3) is 0 Å². The van der Waals surface area contributed by atoms with Crippen LogP contribution in [0.2, 0.25) is 0 Å². The van der Waals surface area contributed by atoms with Gasteiger partial charge in [-0.25, -0.2) is 13.4 Å². The lowest BCUT2D eigenvalue weighted by atomic mass is 9.99. The van der Waals surface area contributed by atoms with Crippen LogP contribution in [-0.4, -0.2) is 41.9 Å². The van der Waals surface area contributed by atoms with Crippen LogP contribution < -0.4 is 5.32 Å². The van der Waals surface area contributed by atoms with Gasteiger partial charge in [0.15, 0.2) is 10.7 Å². The van der Waals surface area contributed by atoms with Crippen molar-refractivity contribution in [3.05, 3.63) is 70.2 Å². The van der Waals surface area contributed by atoms with Gasteiger partial charge in [-0.3, -0.25) is 4.79 Å². The lowest BCUT2D eigenvalue weighted by Gasteiger charge is -2.31. The number of hydrogen-bond donors (Lipinski definition) is 1. The molecule has 0 spiro atoms. The maximum atomic E-state index is 13.6. The third-order valence-electron chi connectivity index (χ3n) is 6.20. The number of nitrogens with zero attached hydrogens (tertiary/aromatic N) is 3. The summed E-state index contributed by atoms with van der Waals surface area (Å²) in [5, 5.41) is 6.73. The van der Waals surface area contributed by atoms with Crippen molar-refractivity contribution in [2.75, 3.05) is 18.4 Å². The van der Waals surface area contributed by atoms with E-state index < -0.39 is 15.9 Å². The van der Waals surface area contributed by atoms with Crippen molar-refractivity contribution in [2.45, 2.75) is 45.4 Å². The molecule has 2 aromatic heterocycles. The Labute approximate surface area is 206 Å². The molecule has 0 radical (unpaired) electrons. The predicted molar refractivity (Wildman–Crippen MR) is 135 cm³/mol. The van der Waals surface area contributed by atoms with E-state index in [1.807, 2.05) is 51.1 Å². The third-order valence-corrected chi connectivity index (χ3v) is 8.22. The Morgan fingerprint density at radius 1 is 1.11 bits per heavy atom. The first-order valence-electron chi connectivity index (χ1n) is 11.6. The summed E-state index contributed by atoms with van der Waals surface area (Å²) in [5.41, 5.74) is 4.43. The fraction of sp³-hybridized carbons (Fsp3) is 0.346. The van der Waals surface area contributed by atoms with Gasteiger partial charge >= 0.3 is 0 Å². The van der Waals surface area contributed by atoms with Crippen LogP contribution >= 0.6 is 0 Å². The first-order chi connectivity index (χ1) is 16.6. The van der Waals surface area contributed by atoms with Gasteiger partial charge in [0.1, 0.15) is 11.5 Å². The smallest absolute Gasteiger partial charge is 0.248 e. The number of benzene rings is 1. The molecule has 3 heterocycles. The molecule has 1 atom stereocenters. The van der Waals surface area contributed by atoms with Crippen LogP contribution in [0.4, 0.5) is 5.82 Å². The van der Waals surface area contributed by atoms with E-state index in [4.69, 9.17) is 4.52 Å². The molecule has 3 aromatic rings. The van der Waals surface area contributed by atoms with E-state index in [-0.39, 0.29) is 23.1 Å². The summed E-state index contributed by atoms with van der Waals surface area (Å²) >= 11 is 0. The van der Waals surface area contributed by atoms with E-state index in [0.29, 0.717) is 30.9 Å². The summed E-state index contributed by atoms with van der Waals surface area (Å²) in [6, 6.07) is 9.67. The molecular weight excluding hydrogens is 464 g/mol. The Bertz CT molecular complexity index is 1360. The minimum Gasteiger partial charge on any atom is -0.355 e. The normalized spacial score (nSPS) is 17.1. The largest absolute Gasteiger partial charge is 0.355 e. The highest BCUT2D eigenvalue weighted by atomic mass is 32.2. The number of aromatic nitrogens is 2. The minimum atomic E-state index is -3.92. The number of carbonyl (C=O) groups is 1. The molecule has 8 nitrogen and oxygen atoms in total. The number of pyridine rings is 1. The van der Waals surface area contributed by atoms with Crippen LogP contribution in [0.25, 0.3) is 12.2 Å². The Balaban J connectivity index is 1.55. The first kappa shape index (κ1) is 24.8. The molecule has 35 heavy (non-hydrogen) atoms. The fourth-order valence-corrected chi connectivity index (χ4v) is 5.95. The summed E-state index contributed by atoms with van der Waals surface area (Å²) < 4.78 is 34.0. The van der Waals surface area contributed by atoms with Gasteiger partial charge in [-0.2, -0.15) is 4.31 Å². The van der Waals surface area contributed by atoms with Gasteiger partial charge in [0.05, 0.1) is 5.92 Å². The average Bonchev–Trinajstić information content (AvgIpc) is 3.22. The topological polar surface area (TPSA) is 105 Å². The zero-order chi connectivity index (χ0) is 25.2. The molecule has 0 bridgehead atoms. The van der Waals surface area contributed by atoms with Gasteiger partial charge < -0.3 is 9.84 Å². The second-order valence-corrected chi connectivity index (χ2v) is 10.9. The molecule has 0 unspecified atom stereocenters. The molecule has 1 amide bonds. The minimum absolute atomic E-state index is 0.0420. The lowest BCUT2D eigenvalue weighted by Crippen LogP contribution is -2.44. The molecule has 1 aliphatic rings. The Hall–Kier alpha value is -3.30. The molecule has 1 saturated heterocycles. The number of amides is 1. The summed E-state index contributed by atoms with van der Waals surface area (Å²) in [5.74, 6) is -0.0813. The predicted octanol–water partition coefficient (Wildman–Crippen LogP) is 4.51. The van der Waals surface area contributed by atoms with E-state index in [1.165, 1.54) is 4.31 Å². The highest BCUT2D eigenvalue weighted by Crippen LogP contribution is 2.30. The molecule has 184 valence electrons. The number of hydrogen-bond acceptors (Lipinski definition) is 6. The molecule has 4 rings (SSSR count). The fourth-order valence-electron chi connectivity index (χ4n) is 4.18. The molecular formula is C26H30N4O4S. The molecule has 1 N–H and O–H groups in total. The van der Waals surface area contributed by atoms with E-state index in [2.05, 4.69) is 15.5 Å². The number of nitrogens with one attached hydrogen (secondary N) is 1. The van der Waals surface area contributed by atoms with E-state index in [9.17, 15) is 13.2 Å². The maximum absolute atomic E-state index is 13.6. The molecule has 1 aromatic carbocycles. The summed E-state index contributed by atoms with van der Waals surface area (Å²) in [6.07, 6.45) is 6.34. The maximum Gasteiger partial charge on any atom is 0.248 e. The Morgan fingerprint density at radius 2 is 1.89 bits per heavy atom. The first-order valence-corrected chi connectivity index (χ1v) is 13.0. The number of anilines is 1. The van der Waals surface area contributed by atoms with Gasteiger partial charge in [0.2, 0.25) is 15.9 Å². The zero-order valence-electron chi connectivity index (χ0n) is 20.4. The second kappa shape index (κ2) is 10.1. The average molecular weight is 495 g/mol. The number of aryl methyl sites for hydroxylation is 4. The highest BCUT2D eigenvalue weighted by Gasteiger charge is 2.37. The second-order valence-electron chi connectivity index (χ2n) is 9.07. The Kier molecular flexibility index (Phi) is 7.18. The van der Waals surface area contributed by atoms with Crippen LogP contribution in [0.3, 0.4) is 0 Å². The number of carbonyl (C=O) groups excluding carboxylic acids is 1. The van der Waals surface area contributed by atoms with Gasteiger partial charge in [0, 0.05) is 19.3 Å². The van der Waals surface area contributed by atoms with Gasteiger partial charge in [-0.05, 0) is 69.4 Å². The monoisotopic (exact) mass is 494 g/mol. The van der Waals surface area contributed by atoms with Crippen molar-refractivity contribution in [2.24, 2.45) is 5.92 Å². The summed E-state index contributed by atoms with van der Waals surface area (Å²) in [4.78, 5) is 17.1. The molecule has 0 saturated carbocycles. The standard InChI is InChI=1S/C26H30N4O4S/c1-17-7-9-19(3)21(14-17)10-11-23-25(20(4)29-34-23)35(32,33)30-13-5-6-22(16-30)26(31)28-24-12-8-18(2)15-27-24/h7-12,14-15,22H,5-6,13,16H2,1-4H3,(H,27,28,31)/b11-10+/t22-/m0/s1. The summed E-state index contributed by atoms with van der Waals surface area (Å²) in [6.45, 7) is 7.95. The van der Waals surface area contributed by atoms with Crippen molar-refractivity contribution in [3.8, 4) is 0 Å². The van der Waals surface area contributed by atoms with Crippen LogP contribution in [0.1, 0.15) is 46.5 Å². The van der Waals surface area contributed by atoms with Crippen LogP contribution in [0.5, 0.6) is 0 Å². The van der Waals surface area contributed by atoms with E-state index in [1.54, 1.807) is 25.3 Å². The molecule has 1 fully saturated rings. The SMILES string of the molecule is Cc1ccc(NC(=O)[C@H]2CCCN(S(=O)(=O)c3c(C)noc3/C=C/c3cc(C)ccc3C)C2)nc1. The van der Waals surface area contributed by atoms with Crippen molar-refractivity contribution >= 4 is 33.9 Å². The van der Waals surface area contributed by atoms with E-state index in [0.717, 1.165) is 22.3 Å². The van der Waals surface area contributed by atoms with Crippen molar-refractivity contribution < 1.29 is 17.7 Å². The van der Waals surface area contributed by atoms with Crippen LogP contribution in [0.15, 0.2) is 45.9 Å². The quantitative estimate of drug-likeness (QED) is 0.540. The van der Waals surface area contributed by atoms with E-state index >= 15 is 0 Å². The van der Waals surface area contributed by atoms with Crippen molar-refractivity contribution in [3.63, 3.8) is 0 Å². The van der Waals surface area contributed by atoms with Crippen LogP contribution in [0, 0.1) is 33.6 Å². The van der Waals surface area contributed by atoms with Crippen molar-refractivity contribution in [1.29, 1.82) is 0 Å². The molecule has 0 aliphatic carbocycles. The lowest BCUT2D eigenvalue weighted by molar-refractivity contribution is -0.120. The molecule has 1 aliphatic heterocycles. The Morgan fingerprint density at radius 3 is 2.63 bits per heavy atom. The highest BCUT2D eigenvalue weighted by molar-refractivity contribution is 7.89.